The fraction of sp³-hybridized carbons (Fsp3) is 0.238. The van der Waals surface area contributed by atoms with Gasteiger partial charge in [-0.15, -0.1) is 0 Å². The third kappa shape index (κ3) is 2.40. The largest absolute Gasteiger partial charge is 0.496 e. The van der Waals surface area contributed by atoms with Crippen LogP contribution in [0.2, 0.25) is 0 Å². The van der Waals surface area contributed by atoms with Gasteiger partial charge in [0, 0.05) is 16.8 Å². The maximum atomic E-state index is 9.79. The average Bonchev–Trinajstić information content (AvgIpc) is 2.66. The van der Waals surface area contributed by atoms with E-state index in [1.54, 1.807) is 7.11 Å². The number of nitrogens with zero attached hydrogens (tertiary/aromatic N) is 2. The Morgan fingerprint density at radius 3 is 2.68 bits per heavy atom. The van der Waals surface area contributed by atoms with Crippen molar-refractivity contribution in [1.29, 1.82) is 5.26 Å². The van der Waals surface area contributed by atoms with Crippen LogP contribution < -0.4 is 10.5 Å². The third-order valence-corrected chi connectivity index (χ3v) is 4.97. The van der Waals surface area contributed by atoms with E-state index >= 15 is 0 Å². The van der Waals surface area contributed by atoms with Crippen molar-refractivity contribution in [3.63, 3.8) is 0 Å². The predicted octanol–water partition coefficient (Wildman–Crippen LogP) is 4.24. The van der Waals surface area contributed by atoms with Crippen LogP contribution in [0.4, 0.5) is 5.82 Å². The van der Waals surface area contributed by atoms with Crippen LogP contribution in [0.1, 0.15) is 29.7 Å². The summed E-state index contributed by atoms with van der Waals surface area (Å²) in [5.74, 6) is 1.07. The lowest BCUT2D eigenvalue weighted by Gasteiger charge is -2.23. The summed E-state index contributed by atoms with van der Waals surface area (Å²) in [6, 6.07) is 14.5. The zero-order chi connectivity index (χ0) is 17.4. The molecule has 0 aliphatic heterocycles. The lowest BCUT2D eigenvalue weighted by Crippen LogP contribution is -2.12. The van der Waals surface area contributed by atoms with E-state index in [1.165, 1.54) is 0 Å². The fourth-order valence-electron chi connectivity index (χ4n) is 3.83. The number of nitrogens with two attached hydrogens (primary N) is 1. The van der Waals surface area contributed by atoms with Crippen molar-refractivity contribution in [3.8, 4) is 22.9 Å². The van der Waals surface area contributed by atoms with Gasteiger partial charge in [0.15, 0.2) is 0 Å². The second kappa shape index (κ2) is 6.10. The Bertz CT molecular complexity index is 1020. The summed E-state index contributed by atoms with van der Waals surface area (Å²) in [7, 11) is 1.66. The van der Waals surface area contributed by atoms with Gasteiger partial charge in [-0.1, -0.05) is 30.3 Å². The molecule has 25 heavy (non-hydrogen) atoms. The molecule has 4 nitrogen and oxygen atoms in total. The fourth-order valence-corrected chi connectivity index (χ4v) is 3.83. The summed E-state index contributed by atoms with van der Waals surface area (Å²) in [5, 5.41) is 12.0. The van der Waals surface area contributed by atoms with E-state index in [0.29, 0.717) is 11.4 Å². The molecular weight excluding hydrogens is 310 g/mol. The smallest absolute Gasteiger partial charge is 0.142 e. The van der Waals surface area contributed by atoms with Gasteiger partial charge in [-0.25, -0.2) is 4.98 Å². The van der Waals surface area contributed by atoms with Gasteiger partial charge < -0.3 is 10.5 Å². The number of nitrogen functional groups attached to an aromatic ring is 1. The van der Waals surface area contributed by atoms with Crippen molar-refractivity contribution in [2.24, 2.45) is 0 Å². The lowest BCUT2D eigenvalue weighted by atomic mass is 9.84. The Morgan fingerprint density at radius 2 is 1.88 bits per heavy atom. The first-order valence-corrected chi connectivity index (χ1v) is 8.52. The summed E-state index contributed by atoms with van der Waals surface area (Å²) in [6.07, 6.45) is 4.03. The molecule has 124 valence electrons. The first-order valence-electron chi connectivity index (χ1n) is 8.52. The van der Waals surface area contributed by atoms with Crippen LogP contribution in [0.3, 0.4) is 0 Å². The monoisotopic (exact) mass is 329 g/mol. The normalized spacial score (nSPS) is 13.3. The minimum absolute atomic E-state index is 0.313. The number of anilines is 1. The van der Waals surface area contributed by atoms with Gasteiger partial charge in [-0.05, 0) is 48.1 Å². The molecule has 1 aliphatic carbocycles. The van der Waals surface area contributed by atoms with Crippen LogP contribution in [-0.4, -0.2) is 12.1 Å². The quantitative estimate of drug-likeness (QED) is 0.763. The Kier molecular flexibility index (Phi) is 3.77. The van der Waals surface area contributed by atoms with Crippen LogP contribution >= 0.6 is 0 Å². The van der Waals surface area contributed by atoms with Gasteiger partial charge >= 0.3 is 0 Å². The van der Waals surface area contributed by atoms with Gasteiger partial charge in [-0.3, -0.25) is 0 Å². The zero-order valence-corrected chi connectivity index (χ0v) is 14.2. The summed E-state index contributed by atoms with van der Waals surface area (Å²) >= 11 is 0. The molecule has 0 atom stereocenters. The highest BCUT2D eigenvalue weighted by molar-refractivity contribution is 6.02. The van der Waals surface area contributed by atoms with Crippen molar-refractivity contribution in [2.75, 3.05) is 12.8 Å². The topological polar surface area (TPSA) is 71.9 Å². The number of aromatic nitrogens is 1. The summed E-state index contributed by atoms with van der Waals surface area (Å²) in [6.45, 7) is 0. The number of rotatable bonds is 2. The first kappa shape index (κ1) is 15.5. The van der Waals surface area contributed by atoms with Crippen LogP contribution in [0.25, 0.3) is 21.9 Å². The van der Waals surface area contributed by atoms with Crippen LogP contribution in [-0.2, 0) is 12.8 Å². The number of aryl methyl sites for hydroxylation is 1. The van der Waals surface area contributed by atoms with Gasteiger partial charge in [-0.2, -0.15) is 5.26 Å². The first-order chi connectivity index (χ1) is 12.2. The number of ether oxygens (including phenoxy) is 1. The number of hydrogen-bond donors (Lipinski definition) is 1. The Labute approximate surface area is 146 Å². The highest BCUT2D eigenvalue weighted by atomic mass is 16.5. The molecule has 1 aliphatic rings. The SMILES string of the molecule is COc1ccc2ccccc2c1-c1c(C#N)c(N)nc2c1CCCC2. The predicted molar refractivity (Wildman–Crippen MR) is 99.5 cm³/mol. The minimum atomic E-state index is 0.313. The van der Waals surface area contributed by atoms with Crippen molar-refractivity contribution < 1.29 is 4.74 Å². The Morgan fingerprint density at radius 1 is 1.08 bits per heavy atom. The second-order valence-electron chi connectivity index (χ2n) is 6.36. The Balaban J connectivity index is 2.17. The summed E-state index contributed by atoms with van der Waals surface area (Å²) < 4.78 is 5.67. The van der Waals surface area contributed by atoms with Gasteiger partial charge in [0.05, 0.1) is 7.11 Å². The molecule has 0 saturated carbocycles. The molecule has 4 heteroatoms. The highest BCUT2D eigenvalue weighted by Gasteiger charge is 2.25. The molecule has 0 fully saturated rings. The molecule has 4 rings (SSSR count). The Hall–Kier alpha value is -3.06. The van der Waals surface area contributed by atoms with E-state index in [0.717, 1.165) is 64.6 Å². The summed E-state index contributed by atoms with van der Waals surface area (Å²) in [4.78, 5) is 4.52. The maximum Gasteiger partial charge on any atom is 0.142 e. The van der Waals surface area contributed by atoms with E-state index in [2.05, 4.69) is 23.2 Å². The van der Waals surface area contributed by atoms with Crippen molar-refractivity contribution in [3.05, 3.63) is 53.2 Å². The number of benzene rings is 2. The van der Waals surface area contributed by atoms with Crippen molar-refractivity contribution in [1.82, 2.24) is 4.98 Å². The molecule has 1 aromatic heterocycles. The van der Waals surface area contributed by atoms with Crippen molar-refractivity contribution in [2.45, 2.75) is 25.7 Å². The molecule has 0 unspecified atom stereocenters. The number of nitriles is 1. The van der Waals surface area contributed by atoms with E-state index in [9.17, 15) is 5.26 Å². The molecule has 2 N–H and O–H groups in total. The van der Waals surface area contributed by atoms with Crippen LogP contribution in [0, 0.1) is 11.3 Å². The molecule has 2 aromatic carbocycles. The van der Waals surface area contributed by atoms with Crippen molar-refractivity contribution >= 4 is 16.6 Å². The molecule has 0 spiro atoms. The highest BCUT2D eigenvalue weighted by Crippen LogP contribution is 2.43. The maximum absolute atomic E-state index is 9.79. The molecule has 1 heterocycles. The van der Waals surface area contributed by atoms with E-state index < -0.39 is 0 Å². The molecule has 0 radical (unpaired) electrons. The van der Waals surface area contributed by atoms with E-state index in [4.69, 9.17) is 10.5 Å². The number of methoxy groups -OCH3 is 1. The van der Waals surface area contributed by atoms with Gasteiger partial charge in [0.1, 0.15) is 23.2 Å². The number of hydrogen-bond acceptors (Lipinski definition) is 4. The van der Waals surface area contributed by atoms with Crippen LogP contribution in [0.5, 0.6) is 5.75 Å². The van der Waals surface area contributed by atoms with Crippen LogP contribution in [0.15, 0.2) is 36.4 Å². The lowest BCUT2D eigenvalue weighted by molar-refractivity contribution is 0.417. The average molecular weight is 329 g/mol. The van der Waals surface area contributed by atoms with Gasteiger partial charge in [0.25, 0.3) is 0 Å². The molecule has 0 saturated heterocycles. The standard InChI is InChI=1S/C21H19N3O/c1-25-18-11-10-13-6-2-3-7-14(13)20(18)19-15-8-4-5-9-17(15)24-21(23)16(19)12-22/h2-3,6-7,10-11H,4-5,8-9H2,1H3,(H2,23,24). The number of pyridine rings is 1. The van der Waals surface area contributed by atoms with Gasteiger partial charge in [0.2, 0.25) is 0 Å². The molecule has 3 aromatic rings. The van der Waals surface area contributed by atoms with E-state index in [1.807, 2.05) is 24.3 Å². The third-order valence-electron chi connectivity index (χ3n) is 4.97. The minimum Gasteiger partial charge on any atom is -0.496 e. The molecular formula is C21H19N3O. The zero-order valence-electron chi connectivity index (χ0n) is 14.2. The molecule has 0 amide bonds. The molecule has 0 bridgehead atoms. The number of fused-ring (bicyclic) bond motifs is 2. The van der Waals surface area contributed by atoms with E-state index in [-0.39, 0.29) is 0 Å². The summed E-state index contributed by atoms with van der Waals surface area (Å²) in [5.41, 5.74) is 10.6. The second-order valence-corrected chi connectivity index (χ2v) is 6.36.